The van der Waals surface area contributed by atoms with Crippen molar-refractivity contribution in [1.82, 2.24) is 14.7 Å². The van der Waals surface area contributed by atoms with Crippen molar-refractivity contribution in [3.8, 4) is 0 Å². The highest BCUT2D eigenvalue weighted by atomic mass is 35.5. The summed E-state index contributed by atoms with van der Waals surface area (Å²) in [5.41, 5.74) is 2.74. The maximum absolute atomic E-state index is 13.0. The molecule has 0 unspecified atom stereocenters. The summed E-state index contributed by atoms with van der Waals surface area (Å²) in [5, 5.41) is 8.05. The van der Waals surface area contributed by atoms with E-state index in [0.29, 0.717) is 16.7 Å². The zero-order valence-electron chi connectivity index (χ0n) is 14.5. The first-order chi connectivity index (χ1) is 11.9. The van der Waals surface area contributed by atoms with Gasteiger partial charge in [-0.1, -0.05) is 48.9 Å². The monoisotopic (exact) mass is 376 g/mol. The van der Waals surface area contributed by atoms with Gasteiger partial charge in [0.15, 0.2) is 0 Å². The molecule has 0 radical (unpaired) electrons. The minimum Gasteiger partial charge on any atom is -0.368 e. The number of para-hydroxylation sites is 1. The number of amides is 1. The average Bonchev–Trinajstić information content (AvgIpc) is 3.08. The van der Waals surface area contributed by atoms with E-state index in [4.69, 9.17) is 23.8 Å². The number of rotatable bonds is 4. The number of carbonyl (C=O) groups excluding carboxylic acids is 1. The standard InChI is InChI=1S/C18H21ClN4OS/c1-4-11-7-5-6-8-13(11)20-17(24)16-12(10-22(2)18(16)25)14-9-15(19)23(3)21-14/h5-9,12,16H,4,10H2,1-3H3,(H,20,24)/t12-,16+/m1/s1. The number of likely N-dealkylation sites (tertiary alicyclic amines) is 1. The molecular weight excluding hydrogens is 356 g/mol. The van der Waals surface area contributed by atoms with Crippen molar-refractivity contribution in [3.63, 3.8) is 0 Å². The molecule has 25 heavy (non-hydrogen) atoms. The molecular formula is C18H21ClN4OS. The summed E-state index contributed by atoms with van der Waals surface area (Å²) in [6, 6.07) is 9.65. The second-order valence-electron chi connectivity index (χ2n) is 6.32. The highest BCUT2D eigenvalue weighted by Crippen LogP contribution is 2.35. The van der Waals surface area contributed by atoms with Crippen molar-refractivity contribution in [2.45, 2.75) is 19.3 Å². The summed E-state index contributed by atoms with van der Waals surface area (Å²) in [5.74, 6) is -0.636. The van der Waals surface area contributed by atoms with Crippen LogP contribution in [-0.2, 0) is 18.3 Å². The summed E-state index contributed by atoms with van der Waals surface area (Å²) in [4.78, 5) is 15.6. The van der Waals surface area contributed by atoms with Gasteiger partial charge in [0.25, 0.3) is 0 Å². The molecule has 1 aromatic heterocycles. The van der Waals surface area contributed by atoms with Crippen molar-refractivity contribution in [3.05, 3.63) is 46.7 Å². The summed E-state index contributed by atoms with van der Waals surface area (Å²) in [6.45, 7) is 2.72. The molecule has 2 aromatic rings. The number of halogens is 1. The molecule has 1 aromatic carbocycles. The summed E-state index contributed by atoms with van der Waals surface area (Å²) in [7, 11) is 3.70. The van der Waals surface area contributed by atoms with Gasteiger partial charge in [0, 0.05) is 32.2 Å². The Morgan fingerprint density at radius 1 is 1.40 bits per heavy atom. The van der Waals surface area contributed by atoms with E-state index < -0.39 is 5.92 Å². The van der Waals surface area contributed by atoms with Crippen LogP contribution in [0, 0.1) is 5.92 Å². The fourth-order valence-electron chi connectivity index (χ4n) is 3.27. The molecule has 0 spiro atoms. The zero-order valence-corrected chi connectivity index (χ0v) is 16.1. The second-order valence-corrected chi connectivity index (χ2v) is 7.12. The Balaban J connectivity index is 1.89. The molecule has 0 aliphatic carbocycles. The van der Waals surface area contributed by atoms with E-state index in [9.17, 15) is 4.79 Å². The van der Waals surface area contributed by atoms with Gasteiger partial charge in [-0.15, -0.1) is 0 Å². The van der Waals surface area contributed by atoms with Crippen LogP contribution in [0.25, 0.3) is 0 Å². The van der Waals surface area contributed by atoms with Crippen LogP contribution in [0.2, 0.25) is 5.15 Å². The lowest BCUT2D eigenvalue weighted by Gasteiger charge is -2.18. The van der Waals surface area contributed by atoms with Crippen LogP contribution in [0.15, 0.2) is 30.3 Å². The van der Waals surface area contributed by atoms with Crippen LogP contribution in [0.1, 0.15) is 24.1 Å². The summed E-state index contributed by atoms with van der Waals surface area (Å²) < 4.78 is 1.61. The van der Waals surface area contributed by atoms with Crippen molar-refractivity contribution in [2.75, 3.05) is 18.9 Å². The SMILES string of the molecule is CCc1ccccc1NC(=O)[C@H]1C(=S)N(C)C[C@@H]1c1cc(Cl)n(C)n1. The van der Waals surface area contributed by atoms with Gasteiger partial charge < -0.3 is 10.2 Å². The second kappa shape index (κ2) is 7.14. The molecule has 1 saturated heterocycles. The molecule has 2 heterocycles. The van der Waals surface area contributed by atoms with E-state index in [1.165, 1.54) is 0 Å². The number of carbonyl (C=O) groups is 1. The minimum absolute atomic E-state index is 0.0953. The smallest absolute Gasteiger partial charge is 0.235 e. The molecule has 1 aliphatic heterocycles. The molecule has 7 heteroatoms. The van der Waals surface area contributed by atoms with Gasteiger partial charge in [0.05, 0.1) is 16.6 Å². The molecule has 1 aliphatic rings. The highest BCUT2D eigenvalue weighted by molar-refractivity contribution is 7.80. The first kappa shape index (κ1) is 17.9. The Bertz CT molecular complexity index is 800. The molecule has 1 fully saturated rings. The van der Waals surface area contributed by atoms with Crippen molar-refractivity contribution >= 4 is 40.4 Å². The molecule has 1 amide bonds. The minimum atomic E-state index is -0.434. The fourth-order valence-corrected chi connectivity index (χ4v) is 3.76. The number of benzene rings is 1. The molecule has 0 bridgehead atoms. The third-order valence-electron chi connectivity index (χ3n) is 4.68. The Morgan fingerprint density at radius 3 is 2.76 bits per heavy atom. The lowest BCUT2D eigenvalue weighted by atomic mass is 9.92. The van der Waals surface area contributed by atoms with Gasteiger partial charge in [-0.2, -0.15) is 5.10 Å². The maximum atomic E-state index is 13.0. The largest absolute Gasteiger partial charge is 0.368 e. The predicted molar refractivity (Wildman–Crippen MR) is 104 cm³/mol. The van der Waals surface area contributed by atoms with Crippen molar-refractivity contribution in [2.24, 2.45) is 13.0 Å². The van der Waals surface area contributed by atoms with E-state index in [1.54, 1.807) is 11.7 Å². The van der Waals surface area contributed by atoms with Crippen LogP contribution in [0.3, 0.4) is 0 Å². The number of nitrogens with one attached hydrogen (secondary N) is 1. The topological polar surface area (TPSA) is 50.2 Å². The number of hydrogen-bond donors (Lipinski definition) is 1. The first-order valence-corrected chi connectivity index (χ1v) is 9.04. The Hall–Kier alpha value is -1.92. The van der Waals surface area contributed by atoms with Crippen LogP contribution in [0.4, 0.5) is 5.69 Å². The molecule has 5 nitrogen and oxygen atoms in total. The number of aryl methyl sites for hydroxylation is 2. The van der Waals surface area contributed by atoms with Gasteiger partial charge in [0.2, 0.25) is 5.91 Å². The number of nitrogens with zero attached hydrogens (tertiary/aromatic N) is 3. The number of anilines is 1. The van der Waals surface area contributed by atoms with Crippen LogP contribution < -0.4 is 5.32 Å². The maximum Gasteiger partial charge on any atom is 0.235 e. The first-order valence-electron chi connectivity index (χ1n) is 8.25. The van der Waals surface area contributed by atoms with E-state index >= 15 is 0 Å². The molecule has 132 valence electrons. The van der Waals surface area contributed by atoms with Gasteiger partial charge in [0.1, 0.15) is 5.15 Å². The highest BCUT2D eigenvalue weighted by Gasteiger charge is 2.42. The van der Waals surface area contributed by atoms with Gasteiger partial charge in [-0.25, -0.2) is 0 Å². The van der Waals surface area contributed by atoms with Crippen molar-refractivity contribution in [1.29, 1.82) is 0 Å². The Labute approximate surface area is 158 Å². The average molecular weight is 377 g/mol. The van der Waals surface area contributed by atoms with E-state index in [-0.39, 0.29) is 11.8 Å². The number of aromatic nitrogens is 2. The van der Waals surface area contributed by atoms with E-state index in [2.05, 4.69) is 17.3 Å². The summed E-state index contributed by atoms with van der Waals surface area (Å²) in [6.07, 6.45) is 0.852. The summed E-state index contributed by atoms with van der Waals surface area (Å²) >= 11 is 11.7. The Kier molecular flexibility index (Phi) is 5.11. The molecule has 3 rings (SSSR count). The van der Waals surface area contributed by atoms with Gasteiger partial charge in [-0.3, -0.25) is 9.48 Å². The van der Waals surface area contributed by atoms with E-state index in [1.807, 2.05) is 42.3 Å². The van der Waals surface area contributed by atoms with Crippen LogP contribution in [0.5, 0.6) is 0 Å². The molecule has 1 N–H and O–H groups in total. The van der Waals surface area contributed by atoms with Gasteiger partial charge >= 0.3 is 0 Å². The van der Waals surface area contributed by atoms with Crippen LogP contribution in [-0.4, -0.2) is 39.2 Å². The Morgan fingerprint density at radius 2 is 2.12 bits per heavy atom. The number of likely N-dealkylation sites (N-methyl/N-ethyl adjacent to an activating group) is 1. The van der Waals surface area contributed by atoms with E-state index in [0.717, 1.165) is 23.4 Å². The van der Waals surface area contributed by atoms with Crippen LogP contribution >= 0.6 is 23.8 Å². The number of hydrogen-bond acceptors (Lipinski definition) is 3. The molecule has 2 atom stereocenters. The third-order valence-corrected chi connectivity index (χ3v) is 5.59. The quantitative estimate of drug-likeness (QED) is 0.832. The predicted octanol–water partition coefficient (Wildman–Crippen LogP) is 3.25. The zero-order chi connectivity index (χ0) is 18.1. The van der Waals surface area contributed by atoms with Crippen molar-refractivity contribution < 1.29 is 4.79 Å². The lowest BCUT2D eigenvalue weighted by Crippen LogP contribution is -2.32. The normalized spacial score (nSPS) is 20.2. The number of thiocarbonyl (C=S) groups is 1. The lowest BCUT2D eigenvalue weighted by molar-refractivity contribution is -0.118. The third kappa shape index (κ3) is 3.41. The fraction of sp³-hybridized carbons (Fsp3) is 0.389. The van der Waals surface area contributed by atoms with Gasteiger partial charge in [-0.05, 0) is 24.1 Å². The molecule has 0 saturated carbocycles.